The van der Waals surface area contributed by atoms with Crippen molar-refractivity contribution in [3.05, 3.63) is 242 Å². The monoisotopic (exact) mass is 844 g/mol. The fraction of sp³-hybridized carbons (Fsp3) is 0.0476. The second-order valence-corrected chi connectivity index (χ2v) is 18.0. The van der Waals surface area contributed by atoms with Crippen LogP contribution in [0.25, 0.3) is 93.9 Å². The predicted molar refractivity (Wildman–Crippen MR) is 277 cm³/mol. The Kier molecular flexibility index (Phi) is 8.56. The summed E-state index contributed by atoms with van der Waals surface area (Å²) in [7, 11) is 0. The number of nitrogens with zero attached hydrogens (tertiary/aromatic N) is 2. The molecule has 1 aliphatic carbocycles. The van der Waals surface area contributed by atoms with E-state index in [2.05, 4.69) is 254 Å². The van der Waals surface area contributed by atoms with Crippen molar-refractivity contribution in [1.29, 1.82) is 0 Å². The Hall–Kier alpha value is -8.40. The highest BCUT2D eigenvalue weighted by Gasteiger charge is 2.38. The van der Waals surface area contributed by atoms with Crippen LogP contribution >= 0.6 is 0 Å². The molecule has 13 rings (SSSR count). The molecular weight excluding hydrogens is 801 g/mol. The highest BCUT2D eigenvalue weighted by atomic mass is 16.3. The van der Waals surface area contributed by atoms with Crippen molar-refractivity contribution in [3.63, 3.8) is 0 Å². The first-order valence-electron chi connectivity index (χ1n) is 22.8. The van der Waals surface area contributed by atoms with Crippen LogP contribution in [0.15, 0.2) is 235 Å². The third-order valence-corrected chi connectivity index (χ3v) is 14.0. The lowest BCUT2D eigenvalue weighted by atomic mass is 9.82. The van der Waals surface area contributed by atoms with Gasteiger partial charge in [-0.15, -0.1) is 0 Å². The minimum Gasteiger partial charge on any atom is -0.456 e. The molecule has 0 radical (unpaired) electrons. The van der Waals surface area contributed by atoms with Crippen LogP contribution in [0.1, 0.15) is 25.0 Å². The number of para-hydroxylation sites is 3. The lowest BCUT2D eigenvalue weighted by molar-refractivity contribution is 0.660. The molecule has 312 valence electrons. The Morgan fingerprint density at radius 3 is 1.82 bits per heavy atom. The van der Waals surface area contributed by atoms with Crippen LogP contribution in [0.4, 0.5) is 17.1 Å². The molecule has 66 heavy (non-hydrogen) atoms. The molecule has 10 aromatic carbocycles. The molecule has 0 spiro atoms. The van der Waals surface area contributed by atoms with Crippen LogP contribution in [-0.4, -0.2) is 4.57 Å². The van der Waals surface area contributed by atoms with E-state index < -0.39 is 0 Å². The van der Waals surface area contributed by atoms with Crippen molar-refractivity contribution in [3.8, 4) is 50.2 Å². The Bertz CT molecular complexity index is 3840. The molecule has 2 aromatic heterocycles. The van der Waals surface area contributed by atoms with Gasteiger partial charge in [-0.3, -0.25) is 0 Å². The van der Waals surface area contributed by atoms with E-state index in [4.69, 9.17) is 4.42 Å². The fourth-order valence-corrected chi connectivity index (χ4v) is 10.9. The molecule has 0 fully saturated rings. The number of furan rings is 1. The molecule has 3 nitrogen and oxygen atoms in total. The van der Waals surface area contributed by atoms with E-state index in [9.17, 15) is 0 Å². The molecule has 0 aliphatic heterocycles. The van der Waals surface area contributed by atoms with Crippen LogP contribution < -0.4 is 4.90 Å². The highest BCUT2D eigenvalue weighted by molar-refractivity contribution is 6.14. The van der Waals surface area contributed by atoms with Crippen LogP contribution in [0.2, 0.25) is 0 Å². The van der Waals surface area contributed by atoms with E-state index in [-0.39, 0.29) is 5.41 Å². The average Bonchev–Trinajstić information content (AvgIpc) is 4.00. The summed E-state index contributed by atoms with van der Waals surface area (Å²) in [5, 5.41) is 4.70. The van der Waals surface area contributed by atoms with Crippen molar-refractivity contribution in [2.75, 3.05) is 4.90 Å². The molecule has 2 heterocycles. The molecule has 12 aromatic rings. The van der Waals surface area contributed by atoms with Gasteiger partial charge in [0.25, 0.3) is 0 Å². The highest BCUT2D eigenvalue weighted by Crippen LogP contribution is 2.55. The first-order valence-corrected chi connectivity index (χ1v) is 22.8. The van der Waals surface area contributed by atoms with Crippen molar-refractivity contribution in [1.82, 2.24) is 4.57 Å². The molecule has 1 aliphatic rings. The largest absolute Gasteiger partial charge is 0.456 e. The SMILES string of the molecule is CC1(C)c2ccccc2-c2c(N(c3ccc(-c4cccc5oc6ccc(-c7ccc8c(c7)c7ccccc7n8-c7ccccc7)cc6c45)cc3)c3ccccc3-c3ccccc3)cccc21. The third kappa shape index (κ3) is 5.83. The molecule has 0 saturated heterocycles. The Morgan fingerprint density at radius 2 is 0.985 bits per heavy atom. The van der Waals surface area contributed by atoms with Gasteiger partial charge in [0.2, 0.25) is 0 Å². The zero-order valence-electron chi connectivity index (χ0n) is 36.7. The number of aromatic nitrogens is 1. The number of rotatable bonds is 7. The van der Waals surface area contributed by atoms with Gasteiger partial charge in [0, 0.05) is 49.5 Å². The molecule has 0 amide bonds. The maximum atomic E-state index is 6.60. The van der Waals surface area contributed by atoms with Crippen LogP contribution in [0, 0.1) is 0 Å². The molecule has 0 N–H and O–H groups in total. The standard InChI is InChI=1S/C63H44N2O/c1-63(2)53-25-12-9-23-50(53)62-54(63)26-16-29-58(62)65(55-27-13-10-21-47(55)41-17-5-3-6-18-41)46-35-31-42(32-36-46)48-24-15-30-60-61(48)52-40-44(34-38-59(52)66-60)43-33-37-57-51(39-43)49-22-11-14-28-56(49)64(57)45-19-7-4-8-20-45/h3-40H,1-2H3. The number of hydrogen-bond acceptors (Lipinski definition) is 2. The Labute approximate surface area is 384 Å². The van der Waals surface area contributed by atoms with Gasteiger partial charge in [-0.1, -0.05) is 172 Å². The van der Waals surface area contributed by atoms with Gasteiger partial charge in [-0.25, -0.2) is 0 Å². The summed E-state index contributed by atoms with van der Waals surface area (Å²) in [6.07, 6.45) is 0. The van der Waals surface area contributed by atoms with E-state index in [1.807, 2.05) is 0 Å². The summed E-state index contributed by atoms with van der Waals surface area (Å²) in [6, 6.07) is 83.8. The van der Waals surface area contributed by atoms with E-state index in [1.165, 1.54) is 66.4 Å². The summed E-state index contributed by atoms with van der Waals surface area (Å²) in [5.74, 6) is 0. The molecule has 3 heteroatoms. The lowest BCUT2D eigenvalue weighted by Crippen LogP contribution is -2.16. The molecule has 0 atom stereocenters. The lowest BCUT2D eigenvalue weighted by Gasteiger charge is -2.30. The first kappa shape index (κ1) is 38.1. The van der Waals surface area contributed by atoms with Gasteiger partial charge in [0.1, 0.15) is 11.2 Å². The van der Waals surface area contributed by atoms with E-state index >= 15 is 0 Å². The quantitative estimate of drug-likeness (QED) is 0.159. The Morgan fingerprint density at radius 1 is 0.394 bits per heavy atom. The zero-order chi connectivity index (χ0) is 43.9. The number of benzene rings is 10. The second-order valence-electron chi connectivity index (χ2n) is 18.0. The van der Waals surface area contributed by atoms with Crippen molar-refractivity contribution >= 4 is 60.8 Å². The minimum absolute atomic E-state index is 0.127. The van der Waals surface area contributed by atoms with E-state index in [0.29, 0.717) is 0 Å². The number of hydrogen-bond donors (Lipinski definition) is 0. The summed E-state index contributed by atoms with van der Waals surface area (Å²) in [6.45, 7) is 4.71. The molecule has 0 saturated carbocycles. The van der Waals surface area contributed by atoms with Crippen molar-refractivity contribution < 1.29 is 4.42 Å². The first-order chi connectivity index (χ1) is 32.5. The Balaban J connectivity index is 0.946. The molecule has 0 unspecified atom stereocenters. The third-order valence-electron chi connectivity index (χ3n) is 14.0. The summed E-state index contributed by atoms with van der Waals surface area (Å²) in [4.78, 5) is 2.47. The molecular formula is C63H44N2O. The van der Waals surface area contributed by atoms with Crippen LogP contribution in [0.3, 0.4) is 0 Å². The summed E-state index contributed by atoms with van der Waals surface area (Å²) >= 11 is 0. The van der Waals surface area contributed by atoms with Gasteiger partial charge in [0.15, 0.2) is 0 Å². The van der Waals surface area contributed by atoms with Crippen molar-refractivity contribution in [2.24, 2.45) is 0 Å². The maximum Gasteiger partial charge on any atom is 0.136 e. The minimum atomic E-state index is -0.127. The predicted octanol–water partition coefficient (Wildman–Crippen LogP) is 17.5. The summed E-state index contributed by atoms with van der Waals surface area (Å²) in [5.41, 5.74) is 20.8. The maximum absolute atomic E-state index is 6.60. The van der Waals surface area contributed by atoms with Gasteiger partial charge in [-0.2, -0.15) is 0 Å². The fourth-order valence-electron chi connectivity index (χ4n) is 10.9. The van der Waals surface area contributed by atoms with Gasteiger partial charge >= 0.3 is 0 Å². The zero-order valence-corrected chi connectivity index (χ0v) is 36.7. The van der Waals surface area contributed by atoms with Crippen molar-refractivity contribution in [2.45, 2.75) is 19.3 Å². The van der Waals surface area contributed by atoms with E-state index in [0.717, 1.165) is 55.7 Å². The van der Waals surface area contributed by atoms with Gasteiger partial charge < -0.3 is 13.9 Å². The van der Waals surface area contributed by atoms with Gasteiger partial charge in [0.05, 0.1) is 22.4 Å². The number of fused-ring (bicyclic) bond motifs is 9. The normalized spacial score (nSPS) is 12.8. The second kappa shape index (κ2) is 14.8. The average molecular weight is 845 g/mol. The van der Waals surface area contributed by atoms with Crippen LogP contribution in [-0.2, 0) is 5.41 Å². The molecule has 0 bridgehead atoms. The summed E-state index contributed by atoms with van der Waals surface area (Å²) < 4.78 is 8.96. The van der Waals surface area contributed by atoms with Crippen LogP contribution in [0.5, 0.6) is 0 Å². The van der Waals surface area contributed by atoms with E-state index in [1.54, 1.807) is 0 Å². The van der Waals surface area contributed by atoms with Gasteiger partial charge in [-0.05, 0) is 117 Å². The topological polar surface area (TPSA) is 21.3 Å². The smallest absolute Gasteiger partial charge is 0.136 e. The number of anilines is 3.